The van der Waals surface area contributed by atoms with E-state index in [-0.39, 0.29) is 31.1 Å². The molecule has 9 N–H and O–H groups in total. The summed E-state index contributed by atoms with van der Waals surface area (Å²) < 4.78 is 33.7. The maximum absolute atomic E-state index is 13.2. The third kappa shape index (κ3) is 7.91. The van der Waals surface area contributed by atoms with Crippen molar-refractivity contribution < 1.29 is 57.2 Å². The number of anilines is 2. The number of oxime groups is 1. The monoisotopic (exact) mass is 722 g/mol. The van der Waals surface area contributed by atoms with Gasteiger partial charge in [-0.2, -0.15) is 13.1 Å². The van der Waals surface area contributed by atoms with Crippen LogP contribution in [0.25, 0.3) is 0 Å². The van der Waals surface area contributed by atoms with Crippen LogP contribution in [0.5, 0.6) is 5.75 Å². The standard InChI is InChI=1S/C26H26N8O13S2/c1-26(2,24(41)42)47-32-18(13-10-48-25(27)30-13)22(39)31-19-15(34(23(19)40)49(44,45)46)8-28-20(37)11-3-5-12(6-4-11)29-21(38)14-7-16(35)17(36)9-33(14)43/h3-7,9-10,15,19,36,43H,8H2,1-2H3,(H2,27,30)(H,28,37)(H,29,38)(H,31,39)(H,41,42)(H,44,45,46)/b32-18-/t15-,19+/m1/s1. The molecule has 0 unspecified atom stereocenters. The fourth-order valence-electron chi connectivity index (χ4n) is 4.05. The van der Waals surface area contributed by atoms with Crippen LogP contribution in [0.1, 0.15) is 40.4 Å². The number of thiazole rings is 1. The van der Waals surface area contributed by atoms with E-state index in [1.54, 1.807) is 0 Å². The molecule has 260 valence electrons. The van der Waals surface area contributed by atoms with E-state index in [9.17, 15) is 57.2 Å². The number of carboxylic acids is 1. The van der Waals surface area contributed by atoms with Crippen molar-refractivity contribution in [3.63, 3.8) is 0 Å². The molecule has 1 aliphatic rings. The number of pyridine rings is 1. The highest BCUT2D eigenvalue weighted by Gasteiger charge is 2.54. The Morgan fingerprint density at radius 2 is 1.80 bits per heavy atom. The van der Waals surface area contributed by atoms with E-state index in [0.29, 0.717) is 12.3 Å². The van der Waals surface area contributed by atoms with Crippen LogP contribution >= 0.6 is 11.3 Å². The van der Waals surface area contributed by atoms with E-state index < -0.39 is 86.7 Å². The highest BCUT2D eigenvalue weighted by Crippen LogP contribution is 2.24. The van der Waals surface area contributed by atoms with Gasteiger partial charge >= 0.3 is 16.3 Å². The molecule has 23 heteroatoms. The van der Waals surface area contributed by atoms with E-state index in [1.165, 1.54) is 29.6 Å². The van der Waals surface area contributed by atoms with Gasteiger partial charge in [-0.3, -0.25) is 28.5 Å². The van der Waals surface area contributed by atoms with Crippen molar-refractivity contribution >= 4 is 67.8 Å². The van der Waals surface area contributed by atoms with Gasteiger partial charge < -0.3 is 41.9 Å². The lowest BCUT2D eigenvalue weighted by Crippen LogP contribution is -2.74. The van der Waals surface area contributed by atoms with Crippen LogP contribution in [0.2, 0.25) is 0 Å². The molecule has 3 heterocycles. The predicted octanol–water partition coefficient (Wildman–Crippen LogP) is -1.41. The van der Waals surface area contributed by atoms with Crippen molar-refractivity contribution in [2.45, 2.75) is 31.5 Å². The van der Waals surface area contributed by atoms with E-state index in [1.807, 2.05) is 0 Å². The number of hydrogen-bond acceptors (Lipinski definition) is 15. The second-order valence-corrected chi connectivity index (χ2v) is 12.7. The van der Waals surface area contributed by atoms with Crippen molar-refractivity contribution in [3.8, 4) is 5.75 Å². The SMILES string of the molecule is CC(C)(O/N=C(\C(=O)N[C@@H]1C(=O)N(S(=O)(=O)O)[C@@H]1CNC(=O)c1ccc(NC(=O)c2cc(=O)c(O)cn2O)cc1)c1csc(N)n1)C(=O)O. The Kier molecular flexibility index (Phi) is 9.91. The van der Waals surface area contributed by atoms with Crippen LogP contribution in [-0.2, 0) is 29.5 Å². The summed E-state index contributed by atoms with van der Waals surface area (Å²) in [7, 11) is -5.16. The zero-order valence-electron chi connectivity index (χ0n) is 25.0. The van der Waals surface area contributed by atoms with Gasteiger partial charge in [-0.05, 0) is 38.1 Å². The smallest absolute Gasteiger partial charge is 0.362 e. The van der Waals surface area contributed by atoms with Crippen molar-refractivity contribution in [2.75, 3.05) is 17.6 Å². The minimum atomic E-state index is -5.16. The molecule has 0 radical (unpaired) electrons. The predicted molar refractivity (Wildman–Crippen MR) is 166 cm³/mol. The normalized spacial score (nSPS) is 16.3. The van der Waals surface area contributed by atoms with Crippen LogP contribution < -0.4 is 27.1 Å². The Morgan fingerprint density at radius 3 is 2.37 bits per heavy atom. The molecule has 2 atom stereocenters. The fraction of sp³-hybridized carbons (Fsp3) is 0.231. The molecule has 2 aromatic heterocycles. The summed E-state index contributed by atoms with van der Waals surface area (Å²) in [6, 6.07) is 2.51. The first kappa shape index (κ1) is 35.8. The van der Waals surface area contributed by atoms with Gasteiger partial charge in [-0.25, -0.2) is 14.1 Å². The quantitative estimate of drug-likeness (QED) is 0.0350. The second kappa shape index (κ2) is 13.6. The molecule has 0 aliphatic carbocycles. The van der Waals surface area contributed by atoms with Gasteiger partial charge in [-0.1, -0.05) is 5.16 Å². The first-order valence-corrected chi connectivity index (χ1v) is 15.7. The summed E-state index contributed by atoms with van der Waals surface area (Å²) in [4.78, 5) is 83.2. The Balaban J connectivity index is 1.47. The topological polar surface area (TPSA) is 322 Å². The van der Waals surface area contributed by atoms with Crippen LogP contribution in [-0.4, -0.2) is 102 Å². The minimum Gasteiger partial charge on any atom is -0.503 e. The first-order valence-electron chi connectivity index (χ1n) is 13.5. The maximum atomic E-state index is 13.2. The summed E-state index contributed by atoms with van der Waals surface area (Å²) in [6.07, 6.45) is 0.626. The molecular formula is C26H26N8O13S2. The Labute approximate surface area is 278 Å². The Morgan fingerprint density at radius 1 is 1.14 bits per heavy atom. The summed E-state index contributed by atoms with van der Waals surface area (Å²) >= 11 is 0.894. The van der Waals surface area contributed by atoms with E-state index >= 15 is 0 Å². The Hall–Kier alpha value is -6.07. The zero-order chi connectivity index (χ0) is 36.4. The number of carbonyl (C=O) groups excluding carboxylic acids is 4. The molecule has 1 saturated heterocycles. The molecule has 1 aromatic carbocycles. The molecule has 4 amide bonds. The molecule has 1 aliphatic heterocycles. The van der Waals surface area contributed by atoms with E-state index in [4.69, 9.17) is 10.6 Å². The van der Waals surface area contributed by atoms with Gasteiger partial charge in [-0.15, -0.1) is 11.3 Å². The average molecular weight is 723 g/mol. The third-order valence-corrected chi connectivity index (χ3v) is 8.31. The van der Waals surface area contributed by atoms with Gasteiger partial charge in [0.1, 0.15) is 17.4 Å². The number of carbonyl (C=O) groups is 5. The van der Waals surface area contributed by atoms with E-state index in [2.05, 4.69) is 26.1 Å². The molecule has 21 nitrogen and oxygen atoms in total. The van der Waals surface area contributed by atoms with Crippen molar-refractivity contribution in [1.82, 2.24) is 24.7 Å². The number of aromatic hydroxyl groups is 1. The summed E-state index contributed by atoms with van der Waals surface area (Å²) in [6.45, 7) is 1.65. The number of benzene rings is 1. The lowest BCUT2D eigenvalue weighted by atomic mass is 9.98. The molecule has 49 heavy (non-hydrogen) atoms. The van der Waals surface area contributed by atoms with Crippen molar-refractivity contribution in [3.05, 3.63) is 69.1 Å². The summed E-state index contributed by atoms with van der Waals surface area (Å²) in [5, 5.41) is 40.2. The van der Waals surface area contributed by atoms with Crippen LogP contribution in [0.15, 0.2) is 51.9 Å². The largest absolute Gasteiger partial charge is 0.503 e. The number of carboxylic acid groups (broad SMARTS) is 1. The molecule has 0 spiro atoms. The average Bonchev–Trinajstić information content (AvgIpc) is 3.44. The third-order valence-electron chi connectivity index (χ3n) is 6.69. The number of aliphatic carboxylic acids is 1. The van der Waals surface area contributed by atoms with Crippen LogP contribution in [0, 0.1) is 0 Å². The number of amides is 4. The highest BCUT2D eigenvalue weighted by molar-refractivity contribution is 7.84. The molecule has 4 rings (SSSR count). The second-order valence-electron chi connectivity index (χ2n) is 10.5. The number of nitrogen functional groups attached to an aromatic ring is 1. The van der Waals surface area contributed by atoms with Gasteiger partial charge in [0.05, 0.1) is 12.2 Å². The molecule has 0 saturated carbocycles. The molecule has 1 fully saturated rings. The van der Waals surface area contributed by atoms with Gasteiger partial charge in [0, 0.05) is 29.2 Å². The first-order chi connectivity index (χ1) is 22.8. The molecule has 3 aromatic rings. The molecular weight excluding hydrogens is 696 g/mol. The van der Waals surface area contributed by atoms with E-state index in [0.717, 1.165) is 25.2 Å². The van der Waals surface area contributed by atoms with Crippen LogP contribution in [0.3, 0.4) is 0 Å². The molecule has 0 bridgehead atoms. The fourth-order valence-corrected chi connectivity index (χ4v) is 5.48. The lowest BCUT2D eigenvalue weighted by molar-refractivity contribution is -0.161. The van der Waals surface area contributed by atoms with Gasteiger partial charge in [0.2, 0.25) is 11.0 Å². The Bertz CT molecular complexity index is 2040. The minimum absolute atomic E-state index is 0.00486. The summed E-state index contributed by atoms with van der Waals surface area (Å²) in [5.41, 5.74) is 1.59. The number of nitrogens with one attached hydrogen (secondary N) is 3. The number of nitrogens with two attached hydrogens (primary N) is 1. The highest BCUT2D eigenvalue weighted by atomic mass is 32.2. The maximum Gasteiger partial charge on any atom is 0.362 e. The van der Waals surface area contributed by atoms with Gasteiger partial charge in [0.15, 0.2) is 16.6 Å². The van der Waals surface area contributed by atoms with Gasteiger partial charge in [0.25, 0.3) is 23.6 Å². The summed E-state index contributed by atoms with van der Waals surface area (Å²) in [5.74, 6) is -6.42. The number of rotatable bonds is 12. The number of β-lactam (4-membered cyclic amide) rings is 1. The number of hydrogen-bond donors (Lipinski definition) is 8. The van der Waals surface area contributed by atoms with Crippen molar-refractivity contribution in [1.29, 1.82) is 0 Å². The number of nitrogens with zero attached hydrogens (tertiary/aromatic N) is 4. The lowest BCUT2D eigenvalue weighted by Gasteiger charge is -2.44. The zero-order valence-corrected chi connectivity index (χ0v) is 26.7. The number of aromatic nitrogens is 2. The van der Waals surface area contributed by atoms with Crippen molar-refractivity contribution in [2.24, 2.45) is 5.16 Å². The van der Waals surface area contributed by atoms with Crippen LogP contribution in [0.4, 0.5) is 10.8 Å².